The fraction of sp³-hybridized carbons (Fsp3) is 0.588. The van der Waals surface area contributed by atoms with Crippen LogP contribution in [0.4, 0.5) is 17.1 Å². The van der Waals surface area contributed by atoms with Gasteiger partial charge < -0.3 is 44.7 Å². The number of hydrogen-bond donors (Lipinski definition) is 2. The maximum Gasteiger partial charge on any atom is 0.350 e. The minimum absolute atomic E-state index is 0.0392. The van der Waals surface area contributed by atoms with Gasteiger partial charge in [0.05, 0.1) is 57.9 Å². The number of rotatable bonds is 15. The normalized spacial score (nSPS) is 17.9. The summed E-state index contributed by atoms with van der Waals surface area (Å²) in [6, 6.07) is 6.97. The van der Waals surface area contributed by atoms with Crippen LogP contribution in [-0.4, -0.2) is 131 Å². The Morgan fingerprint density at radius 1 is 0.441 bits per heavy atom. The number of ether oxygens (including phenoxy) is 3. The van der Waals surface area contributed by atoms with Crippen molar-refractivity contribution in [3.05, 3.63) is 68.8 Å². The van der Waals surface area contributed by atoms with Crippen molar-refractivity contribution in [3.63, 3.8) is 0 Å². The molecule has 0 saturated heterocycles. The second-order valence-electron chi connectivity index (χ2n) is 31.2. The molecular formula is C80H109N5O13S4. The number of Topliss-reactive ketones (excluding diaryl/α,β-unsaturated/α-hetero) is 1. The molecule has 0 radical (unpaired) electrons. The molecule has 102 heavy (non-hydrogen) atoms. The van der Waals surface area contributed by atoms with E-state index in [1.807, 2.05) is 89.2 Å². The van der Waals surface area contributed by atoms with Gasteiger partial charge in [0.15, 0.2) is 0 Å². The molecule has 0 unspecified atom stereocenters. The lowest BCUT2D eigenvalue weighted by molar-refractivity contribution is -0.130. The molecule has 3 fully saturated rings. The highest BCUT2D eigenvalue weighted by molar-refractivity contribution is 7.16. The Morgan fingerprint density at radius 3 is 1.08 bits per heavy atom. The van der Waals surface area contributed by atoms with Gasteiger partial charge in [0.25, 0.3) is 0 Å². The number of nitrogen functional groups attached to an aromatic ring is 1. The maximum atomic E-state index is 13.5. The van der Waals surface area contributed by atoms with Crippen molar-refractivity contribution in [1.29, 1.82) is 0 Å². The average molecular weight is 1480 g/mol. The predicted octanol–water partition coefficient (Wildman–Crippen LogP) is 15.7. The van der Waals surface area contributed by atoms with Gasteiger partial charge in [-0.05, 0) is 195 Å². The number of nitrogens with two attached hydrogens (primary N) is 1. The number of nitrogens with zero attached hydrogens (tertiary/aromatic N) is 4. The molecule has 0 bridgehead atoms. The minimum atomic E-state index is -1.12. The van der Waals surface area contributed by atoms with Gasteiger partial charge in [-0.3, -0.25) is 24.0 Å². The summed E-state index contributed by atoms with van der Waals surface area (Å²) in [6.07, 6.45) is 11.5. The number of anilines is 3. The van der Waals surface area contributed by atoms with Crippen molar-refractivity contribution in [2.45, 2.75) is 187 Å². The topological polar surface area (TPSA) is 241 Å². The van der Waals surface area contributed by atoms with Crippen LogP contribution in [0.1, 0.15) is 245 Å². The summed E-state index contributed by atoms with van der Waals surface area (Å²) in [4.78, 5) is 122. The highest BCUT2D eigenvalue weighted by Crippen LogP contribution is 2.39. The summed E-state index contributed by atoms with van der Waals surface area (Å²) < 4.78 is 14.5. The largest absolute Gasteiger partial charge is 0.477 e. The first kappa shape index (κ1) is 86.7. The number of carboxylic acid groups (broad SMARTS) is 1. The van der Waals surface area contributed by atoms with Gasteiger partial charge in [-0.2, -0.15) is 0 Å². The van der Waals surface area contributed by atoms with E-state index in [1.54, 1.807) is 46.4 Å². The molecule has 3 aliphatic rings. The van der Waals surface area contributed by atoms with Crippen LogP contribution in [0.15, 0.2) is 24.3 Å². The molecule has 4 heterocycles. The Hall–Kier alpha value is -7.73. The van der Waals surface area contributed by atoms with Gasteiger partial charge in [-0.25, -0.2) is 19.2 Å². The van der Waals surface area contributed by atoms with Gasteiger partial charge in [-0.1, -0.05) is 81.0 Å². The van der Waals surface area contributed by atoms with Crippen LogP contribution >= 0.6 is 45.3 Å². The maximum absolute atomic E-state index is 13.5. The molecule has 7 rings (SSSR count). The number of aromatic carboxylic acids is 1. The van der Waals surface area contributed by atoms with Crippen LogP contribution in [0.5, 0.6) is 0 Å². The second-order valence-corrected chi connectivity index (χ2v) is 35.4. The number of carbonyl (C=O) groups excluding carboxylic acids is 8. The van der Waals surface area contributed by atoms with E-state index >= 15 is 0 Å². The summed E-state index contributed by atoms with van der Waals surface area (Å²) in [5.74, 6) is 23.6. The lowest BCUT2D eigenvalue weighted by Gasteiger charge is -2.31. The molecule has 3 N–H and O–H groups in total. The van der Waals surface area contributed by atoms with Crippen LogP contribution in [-0.2, 0) is 44.6 Å². The summed E-state index contributed by atoms with van der Waals surface area (Å²) in [6.45, 7) is 30.5. The Kier molecular flexibility index (Phi) is 32.9. The van der Waals surface area contributed by atoms with Crippen LogP contribution in [0, 0.1) is 105 Å². The molecule has 0 atom stereocenters. The quantitative estimate of drug-likeness (QED) is 0.0639. The fourth-order valence-electron chi connectivity index (χ4n) is 10.8. The second kappa shape index (κ2) is 38.7. The molecule has 0 aliphatic heterocycles. The van der Waals surface area contributed by atoms with E-state index in [-0.39, 0.29) is 98.4 Å². The van der Waals surface area contributed by atoms with Crippen LogP contribution in [0.25, 0.3) is 0 Å². The lowest BCUT2D eigenvalue weighted by Crippen LogP contribution is -2.44. The molecule has 0 spiro atoms. The first-order chi connectivity index (χ1) is 47.3. The van der Waals surface area contributed by atoms with Crippen LogP contribution < -0.4 is 15.5 Å². The van der Waals surface area contributed by atoms with Gasteiger partial charge >= 0.3 is 23.9 Å². The van der Waals surface area contributed by atoms with Gasteiger partial charge in [-0.15, -0.1) is 45.3 Å². The van der Waals surface area contributed by atoms with Crippen molar-refractivity contribution in [1.82, 2.24) is 9.80 Å². The lowest BCUT2D eigenvalue weighted by atomic mass is 9.79. The number of amides is 4. The zero-order valence-electron chi connectivity index (χ0n) is 64.2. The van der Waals surface area contributed by atoms with E-state index < -0.39 is 17.9 Å². The third kappa shape index (κ3) is 28.5. The number of hydrogen-bond acceptors (Lipinski definition) is 17. The molecule has 0 aromatic carbocycles. The predicted molar refractivity (Wildman–Crippen MR) is 412 cm³/mol. The van der Waals surface area contributed by atoms with Crippen LogP contribution in [0.2, 0.25) is 0 Å². The van der Waals surface area contributed by atoms with Crippen molar-refractivity contribution in [3.8, 4) is 47.4 Å². The minimum Gasteiger partial charge on any atom is -0.477 e. The van der Waals surface area contributed by atoms with Crippen molar-refractivity contribution in [2.24, 2.45) is 57.2 Å². The van der Waals surface area contributed by atoms with Crippen molar-refractivity contribution in [2.75, 3.05) is 78.1 Å². The number of thiophene rings is 4. The van der Waals surface area contributed by atoms with Gasteiger partial charge in [0.2, 0.25) is 23.6 Å². The standard InChI is InChI=1S/C24H34N2O4S.C23H32N2O4S.C21H28O3S.C12H15NO2S/c1-16-8-10-17(11-9-16)22(28)26(15-20(27)25(5)6)19-14-18(12-13-24(2,3)4)31-21(19)23(29)30-7;1-15-7-9-16(10-8-15)21(27)25(14-19(26)24(5)6)18-13-17(11-12-23(2,3)4)30-20(18)22(28)29;1-14-6-8-15(9-7-14)18(22)13-16-12-17(10-11-21(2,3)4)25-19(16)20(23)24-5;1-12(2,3)6-5-8-7-9(13)10(16-8)11(14)15-4/h14,16-17H,8-11,15H2,1-7H3;13,15-16H,7-10,14H2,1-6H3,(H,28,29);12,14-15H,6-9,13H2,1-5H3;7H,13H2,1-4H3. The highest BCUT2D eigenvalue weighted by atomic mass is 32.1. The summed E-state index contributed by atoms with van der Waals surface area (Å²) in [7, 11) is 10.6. The molecule has 4 aromatic rings. The zero-order valence-corrected chi connectivity index (χ0v) is 67.5. The molecule has 556 valence electrons. The Morgan fingerprint density at radius 2 is 0.735 bits per heavy atom. The molecular weight excluding hydrogens is 1370 g/mol. The molecule has 4 aromatic heterocycles. The molecule has 18 nitrogen and oxygen atoms in total. The van der Waals surface area contributed by atoms with E-state index in [2.05, 4.69) is 72.9 Å². The summed E-state index contributed by atoms with van der Waals surface area (Å²) in [5.41, 5.74) is 6.96. The highest BCUT2D eigenvalue weighted by Gasteiger charge is 2.36. The van der Waals surface area contributed by atoms with E-state index in [1.165, 1.54) is 74.9 Å². The first-order valence-electron chi connectivity index (χ1n) is 34.8. The van der Waals surface area contributed by atoms with Crippen molar-refractivity contribution < 1.29 is 62.5 Å². The number of esters is 3. The Labute approximate surface area is 622 Å². The third-order valence-corrected chi connectivity index (χ3v) is 21.0. The zero-order chi connectivity index (χ0) is 76.9. The first-order valence-corrected chi connectivity index (χ1v) is 38.1. The fourth-order valence-corrected chi connectivity index (χ4v) is 14.4. The molecule has 3 saturated carbocycles. The van der Waals surface area contributed by atoms with Gasteiger partial charge in [0.1, 0.15) is 38.4 Å². The number of carbonyl (C=O) groups is 9. The van der Waals surface area contributed by atoms with Gasteiger partial charge in [0, 0.05) is 74.0 Å². The number of methoxy groups -OCH3 is 3. The van der Waals surface area contributed by atoms with Crippen molar-refractivity contribution >= 4 is 116 Å². The van der Waals surface area contributed by atoms with E-state index in [0.29, 0.717) is 54.0 Å². The molecule has 4 amide bonds. The monoisotopic (exact) mass is 1480 g/mol. The molecule has 3 aliphatic carbocycles. The van der Waals surface area contributed by atoms with E-state index in [9.17, 15) is 48.3 Å². The SMILES string of the molecule is CC1CCC(C(=O)N(CC(=O)N(C)C)c2cc(C#CC(C)(C)C)sc2C(=O)O)CC1.COC(=O)c1sc(C#CC(C)(C)C)cc1CC(=O)C1CCC(C)CC1.COC(=O)c1sc(C#CC(C)(C)C)cc1N.COC(=O)c1sc(C#CC(C)(C)C)cc1N(CC(=O)N(C)C)C(=O)C1CCC(C)CC1. The van der Waals surface area contributed by atoms with Crippen LogP contribution in [0.3, 0.4) is 0 Å². The number of likely N-dealkylation sites (N-methyl/N-ethyl adjacent to an activating group) is 2. The summed E-state index contributed by atoms with van der Waals surface area (Å²) in [5, 5.41) is 9.76. The summed E-state index contributed by atoms with van der Waals surface area (Å²) >= 11 is 4.82. The van der Waals surface area contributed by atoms with E-state index in [4.69, 9.17) is 15.2 Å². The Balaban J connectivity index is 0.000000295. The third-order valence-electron chi connectivity index (χ3n) is 16.8. The number of ketones is 1. The number of carboxylic acids is 1. The Bertz CT molecular complexity index is 3880. The van der Waals surface area contributed by atoms with E-state index in [0.717, 1.165) is 110 Å². The molecule has 22 heteroatoms. The smallest absolute Gasteiger partial charge is 0.350 e. The average Bonchev–Trinajstić information content (AvgIpc) is 1.62.